The van der Waals surface area contributed by atoms with Crippen molar-refractivity contribution < 1.29 is 32.2 Å². The number of hydrogen-bond donors (Lipinski definition) is 2. The second-order valence-corrected chi connectivity index (χ2v) is 11.6. The molecule has 0 spiro atoms. The van der Waals surface area contributed by atoms with Crippen LogP contribution < -0.4 is 15.0 Å². The number of sulfone groups is 1. The number of fused-ring (bicyclic) bond motifs is 1. The van der Waals surface area contributed by atoms with Gasteiger partial charge >= 0.3 is 0 Å². The Kier molecular flexibility index (Phi) is 8.00. The average Bonchev–Trinajstić information content (AvgIpc) is 2.82. The number of aliphatic hydroxyl groups excluding tert-OH is 1. The number of rotatable bonds is 7. The number of carbonyl (C=O) groups excluding carboxylic acids is 1. The Morgan fingerprint density at radius 3 is 2.58 bits per heavy atom. The molecule has 1 aromatic heterocycles. The fourth-order valence-electron chi connectivity index (χ4n) is 3.60. The van der Waals surface area contributed by atoms with Crippen molar-refractivity contribution in [2.75, 3.05) is 10.7 Å². The quantitative estimate of drug-likeness (QED) is 0.526. The highest BCUT2D eigenvalue weighted by Crippen LogP contribution is 2.34. The number of aliphatic hydroxyl groups is 1. The van der Waals surface area contributed by atoms with Crippen LogP contribution in [-0.2, 0) is 25.9 Å². The molecule has 3 rings (SSSR count). The van der Waals surface area contributed by atoms with Crippen LogP contribution in [0.3, 0.4) is 0 Å². The molecule has 0 fully saturated rings. The Hall–Kier alpha value is -3.11. The van der Waals surface area contributed by atoms with Gasteiger partial charge in [-0.1, -0.05) is 6.07 Å². The number of nitrogens with zero attached hydrogens (tertiary/aromatic N) is 3. The summed E-state index contributed by atoms with van der Waals surface area (Å²) >= 11 is 0. The van der Waals surface area contributed by atoms with E-state index in [1.807, 2.05) is 13.8 Å². The van der Waals surface area contributed by atoms with Gasteiger partial charge in [0.2, 0.25) is 18.2 Å². The Morgan fingerprint density at radius 2 is 2.03 bits per heavy atom. The molecule has 1 amide bonds. The van der Waals surface area contributed by atoms with E-state index >= 15 is 0 Å². The summed E-state index contributed by atoms with van der Waals surface area (Å²) < 4.78 is 51.8. The zero-order valence-corrected chi connectivity index (χ0v) is 21.5. The minimum absolute atomic E-state index is 0.0968. The van der Waals surface area contributed by atoms with Gasteiger partial charge in [-0.25, -0.2) is 17.8 Å². The van der Waals surface area contributed by atoms with Crippen LogP contribution in [0.1, 0.15) is 45.7 Å². The van der Waals surface area contributed by atoms with E-state index in [4.69, 9.17) is 9.47 Å². The zero-order valence-electron chi connectivity index (χ0n) is 20.6. The summed E-state index contributed by atoms with van der Waals surface area (Å²) in [6.07, 6.45) is -0.281. The van der Waals surface area contributed by atoms with Gasteiger partial charge in [0.05, 0.1) is 40.1 Å². The maximum absolute atomic E-state index is 14.5. The van der Waals surface area contributed by atoms with E-state index in [1.165, 1.54) is 6.20 Å². The highest BCUT2D eigenvalue weighted by Gasteiger charge is 2.40. The third-order valence-corrected chi connectivity index (χ3v) is 6.82. The number of benzene rings is 1. The normalized spacial score (nSPS) is 18.4. The van der Waals surface area contributed by atoms with Crippen molar-refractivity contribution in [2.45, 2.75) is 70.2 Å². The molecule has 2 atom stereocenters. The average molecular weight is 521 g/mol. The van der Waals surface area contributed by atoms with Gasteiger partial charge in [0, 0.05) is 12.3 Å². The summed E-state index contributed by atoms with van der Waals surface area (Å²) in [5.41, 5.74) is -0.824. The van der Waals surface area contributed by atoms with Crippen LogP contribution in [0.15, 0.2) is 35.4 Å². The number of hydrogen-bond acceptors (Lipinski definition) is 9. The van der Waals surface area contributed by atoms with Crippen LogP contribution in [0.4, 0.5) is 10.1 Å². The standard InChI is InChI=1S/C24H29FN4O6S/c1-14(2)34-21-7-6-15(11-27-21)12-29-19-8-16(10-26)17(25)9-20(19)36(32,33)13-18(22(29)30)28-23(31)35-24(3,4)5/h6-9,11,14,18,23,28,31H,12-13H2,1-5H3/t18-,23?/m0/s1. The highest BCUT2D eigenvalue weighted by atomic mass is 32.2. The molecule has 2 heterocycles. The number of aromatic nitrogens is 1. The first kappa shape index (κ1) is 27.5. The lowest BCUT2D eigenvalue weighted by Gasteiger charge is -2.29. The van der Waals surface area contributed by atoms with E-state index in [1.54, 1.807) is 39.0 Å². The Bertz CT molecular complexity index is 1270. The molecule has 10 nitrogen and oxygen atoms in total. The van der Waals surface area contributed by atoms with Gasteiger partial charge in [-0.2, -0.15) is 5.26 Å². The number of nitriles is 1. The molecule has 0 bridgehead atoms. The van der Waals surface area contributed by atoms with Crippen LogP contribution in [0.25, 0.3) is 0 Å². The van der Waals surface area contributed by atoms with E-state index in [2.05, 4.69) is 10.3 Å². The summed E-state index contributed by atoms with van der Waals surface area (Å²) in [7, 11) is -4.22. The Labute approximate surface area is 209 Å². The number of halogens is 1. The molecule has 0 saturated carbocycles. The smallest absolute Gasteiger partial charge is 0.245 e. The molecule has 1 aliphatic rings. The van der Waals surface area contributed by atoms with Crippen molar-refractivity contribution >= 4 is 21.4 Å². The minimum Gasteiger partial charge on any atom is -0.475 e. The molecule has 0 radical (unpaired) electrons. The van der Waals surface area contributed by atoms with Crippen molar-refractivity contribution in [2.24, 2.45) is 0 Å². The maximum atomic E-state index is 14.5. The molecule has 36 heavy (non-hydrogen) atoms. The third-order valence-electron chi connectivity index (χ3n) is 5.05. The van der Waals surface area contributed by atoms with Crippen molar-refractivity contribution in [1.29, 1.82) is 5.26 Å². The van der Waals surface area contributed by atoms with Gasteiger partial charge in [0.1, 0.15) is 17.9 Å². The maximum Gasteiger partial charge on any atom is 0.245 e. The van der Waals surface area contributed by atoms with Crippen molar-refractivity contribution in [3.05, 3.63) is 47.4 Å². The summed E-state index contributed by atoms with van der Waals surface area (Å²) in [5.74, 6) is -2.13. The van der Waals surface area contributed by atoms with E-state index in [-0.39, 0.29) is 18.3 Å². The van der Waals surface area contributed by atoms with Crippen LogP contribution >= 0.6 is 0 Å². The molecule has 2 N–H and O–H groups in total. The van der Waals surface area contributed by atoms with Crippen LogP contribution in [0.5, 0.6) is 5.88 Å². The molecule has 2 aromatic rings. The van der Waals surface area contributed by atoms with Gasteiger partial charge in [-0.15, -0.1) is 0 Å². The molecule has 194 valence electrons. The van der Waals surface area contributed by atoms with Crippen molar-refractivity contribution in [3.63, 3.8) is 0 Å². The third kappa shape index (κ3) is 6.55. The minimum atomic E-state index is -4.22. The first-order valence-electron chi connectivity index (χ1n) is 11.2. The fourth-order valence-corrected chi connectivity index (χ4v) is 5.23. The first-order chi connectivity index (χ1) is 16.7. The molecule has 1 unspecified atom stereocenters. The summed E-state index contributed by atoms with van der Waals surface area (Å²) in [6, 6.07) is 5.29. The van der Waals surface area contributed by atoms with E-state index in [0.717, 1.165) is 17.0 Å². The monoisotopic (exact) mass is 520 g/mol. The predicted molar refractivity (Wildman–Crippen MR) is 128 cm³/mol. The lowest BCUT2D eigenvalue weighted by Crippen LogP contribution is -2.53. The lowest BCUT2D eigenvalue weighted by atomic mass is 10.1. The van der Waals surface area contributed by atoms with Gasteiger partial charge in [-0.3, -0.25) is 10.1 Å². The van der Waals surface area contributed by atoms with Gasteiger partial charge in [-0.05, 0) is 52.3 Å². The summed E-state index contributed by atoms with van der Waals surface area (Å²) in [6.45, 7) is 8.59. The SMILES string of the molecule is CC(C)Oc1ccc(CN2C(=O)[C@@H](NC(O)OC(C)(C)C)CS(=O)(=O)c3cc(F)c(C#N)cc32)cn1. The summed E-state index contributed by atoms with van der Waals surface area (Å²) in [4.78, 5) is 18.5. The number of ether oxygens (including phenoxy) is 2. The number of carbonyl (C=O) groups is 1. The summed E-state index contributed by atoms with van der Waals surface area (Å²) in [5, 5.41) is 22.1. The van der Waals surface area contributed by atoms with Gasteiger partial charge in [0.15, 0.2) is 9.84 Å². The molecule has 0 saturated heterocycles. The zero-order chi connectivity index (χ0) is 26.8. The second kappa shape index (κ2) is 10.5. The molecule has 1 aliphatic heterocycles. The number of pyridine rings is 1. The second-order valence-electron chi connectivity index (χ2n) is 9.59. The molecular formula is C24H29FN4O6S. The largest absolute Gasteiger partial charge is 0.475 e. The molecule has 12 heteroatoms. The fraction of sp³-hybridized carbons (Fsp3) is 0.458. The predicted octanol–water partition coefficient (Wildman–Crippen LogP) is 2.25. The lowest BCUT2D eigenvalue weighted by molar-refractivity contribution is -0.185. The Balaban J connectivity index is 2.06. The van der Waals surface area contributed by atoms with Crippen LogP contribution in [0, 0.1) is 17.1 Å². The van der Waals surface area contributed by atoms with Crippen LogP contribution in [0.2, 0.25) is 0 Å². The molecule has 0 aliphatic carbocycles. The first-order valence-corrected chi connectivity index (χ1v) is 12.9. The number of anilines is 1. The van der Waals surface area contributed by atoms with Crippen molar-refractivity contribution in [1.82, 2.24) is 10.3 Å². The van der Waals surface area contributed by atoms with E-state index in [9.17, 15) is 28.0 Å². The highest BCUT2D eigenvalue weighted by molar-refractivity contribution is 7.91. The number of amides is 1. The number of nitrogens with one attached hydrogen (secondary N) is 1. The van der Waals surface area contributed by atoms with Gasteiger partial charge < -0.3 is 19.5 Å². The van der Waals surface area contributed by atoms with E-state index < -0.39 is 55.8 Å². The Morgan fingerprint density at radius 1 is 1.33 bits per heavy atom. The molecule has 1 aromatic carbocycles. The van der Waals surface area contributed by atoms with E-state index in [0.29, 0.717) is 11.4 Å². The topological polar surface area (TPSA) is 142 Å². The molecular weight excluding hydrogens is 491 g/mol. The van der Waals surface area contributed by atoms with Gasteiger partial charge in [0.25, 0.3) is 0 Å². The van der Waals surface area contributed by atoms with Crippen LogP contribution in [-0.4, -0.2) is 54.3 Å². The van der Waals surface area contributed by atoms with Crippen molar-refractivity contribution in [3.8, 4) is 11.9 Å².